The van der Waals surface area contributed by atoms with Crippen LogP contribution in [0.5, 0.6) is 0 Å². The number of amides is 1. The number of esters is 1. The lowest BCUT2D eigenvalue weighted by atomic mass is 10.2. The molecule has 124 valence electrons. The second kappa shape index (κ2) is 6.62. The van der Waals surface area contributed by atoms with Crippen LogP contribution in [0.25, 0.3) is 11.0 Å². The number of carbonyl (C=O) groups excluding carboxylic acids is 2. The summed E-state index contributed by atoms with van der Waals surface area (Å²) in [4.78, 5) is 28.7. The van der Waals surface area contributed by atoms with Crippen molar-refractivity contribution in [3.63, 3.8) is 0 Å². The number of fused-ring (bicyclic) bond motifs is 1. The molecule has 0 unspecified atom stereocenters. The number of benzene rings is 1. The first-order chi connectivity index (χ1) is 11.5. The number of thiazole rings is 1. The number of halogens is 1. The molecule has 0 bridgehead atoms. The molecule has 0 saturated carbocycles. The Hall–Kier alpha value is -2.38. The lowest BCUT2D eigenvalue weighted by molar-refractivity contribution is 0.0604. The molecule has 2 aromatic heterocycles. The topological polar surface area (TPSA) is 81.4 Å². The van der Waals surface area contributed by atoms with Crippen molar-refractivity contribution in [3.8, 4) is 0 Å². The molecule has 3 aromatic rings. The summed E-state index contributed by atoms with van der Waals surface area (Å²) in [5, 5.41) is 4.25. The molecule has 0 radical (unpaired) electrons. The Balaban J connectivity index is 1.85. The summed E-state index contributed by atoms with van der Waals surface area (Å²) in [7, 11) is 1.30. The molecule has 3 rings (SSSR count). The Labute approximate surface area is 146 Å². The number of furan rings is 1. The van der Waals surface area contributed by atoms with Crippen LogP contribution in [0.15, 0.2) is 28.7 Å². The van der Waals surface area contributed by atoms with E-state index in [1.165, 1.54) is 7.11 Å². The van der Waals surface area contributed by atoms with E-state index in [1.807, 2.05) is 6.92 Å². The molecule has 0 aliphatic carbocycles. The van der Waals surface area contributed by atoms with E-state index in [-0.39, 0.29) is 5.76 Å². The molecule has 0 aliphatic rings. The van der Waals surface area contributed by atoms with Crippen molar-refractivity contribution < 1.29 is 18.7 Å². The number of aryl methyl sites for hydroxylation is 1. The van der Waals surface area contributed by atoms with Crippen LogP contribution in [0.2, 0.25) is 5.02 Å². The van der Waals surface area contributed by atoms with E-state index >= 15 is 0 Å². The second-order valence-electron chi connectivity index (χ2n) is 4.89. The van der Waals surface area contributed by atoms with E-state index in [9.17, 15) is 9.59 Å². The number of hydrogen-bond acceptors (Lipinski definition) is 6. The van der Waals surface area contributed by atoms with Crippen molar-refractivity contribution in [3.05, 3.63) is 45.6 Å². The fraction of sp³-hybridized carbons (Fsp3) is 0.188. The fourth-order valence-electron chi connectivity index (χ4n) is 2.18. The molecule has 0 atom stereocenters. The lowest BCUT2D eigenvalue weighted by Crippen LogP contribution is -2.10. The van der Waals surface area contributed by atoms with Crippen molar-refractivity contribution in [2.24, 2.45) is 0 Å². The summed E-state index contributed by atoms with van der Waals surface area (Å²) in [6.07, 6.45) is 0.555. The van der Waals surface area contributed by atoms with E-state index in [0.717, 1.165) is 16.7 Å². The van der Waals surface area contributed by atoms with Crippen molar-refractivity contribution in [1.29, 1.82) is 0 Å². The first-order valence-corrected chi connectivity index (χ1v) is 8.29. The highest BCUT2D eigenvalue weighted by Gasteiger charge is 2.20. The predicted octanol–water partition coefficient (Wildman–Crippen LogP) is 4.14. The smallest absolute Gasteiger partial charge is 0.350 e. The summed E-state index contributed by atoms with van der Waals surface area (Å²) >= 11 is 6.99. The van der Waals surface area contributed by atoms with E-state index < -0.39 is 11.9 Å². The standard InChI is InChI=1S/C16H13ClN2O4S/c1-3-10-13(15(21)22-2)24-16(18-10)19-14(20)12-7-8-6-9(17)4-5-11(8)23-12/h4-7H,3H2,1-2H3,(H,18,19,20). The molecule has 8 heteroatoms. The third-order valence-electron chi connectivity index (χ3n) is 3.33. The third kappa shape index (κ3) is 3.13. The van der Waals surface area contributed by atoms with Gasteiger partial charge < -0.3 is 9.15 Å². The van der Waals surface area contributed by atoms with E-state index in [4.69, 9.17) is 20.8 Å². The van der Waals surface area contributed by atoms with Gasteiger partial charge in [0, 0.05) is 10.4 Å². The molecule has 1 aromatic carbocycles. The first kappa shape index (κ1) is 16.5. The predicted molar refractivity (Wildman–Crippen MR) is 92.0 cm³/mol. The molecule has 0 fully saturated rings. The first-order valence-electron chi connectivity index (χ1n) is 7.10. The molecule has 0 aliphatic heterocycles. The van der Waals surface area contributed by atoms with Gasteiger partial charge in [-0.05, 0) is 30.7 Å². The quantitative estimate of drug-likeness (QED) is 0.703. The van der Waals surface area contributed by atoms with Crippen molar-refractivity contribution >= 4 is 50.9 Å². The zero-order valence-corrected chi connectivity index (χ0v) is 14.5. The van der Waals surface area contributed by atoms with Crippen LogP contribution in [0.4, 0.5) is 5.13 Å². The fourth-order valence-corrected chi connectivity index (χ4v) is 3.33. The van der Waals surface area contributed by atoms with Gasteiger partial charge in [0.1, 0.15) is 10.5 Å². The highest BCUT2D eigenvalue weighted by atomic mass is 35.5. The maximum atomic E-state index is 12.3. The number of carbonyl (C=O) groups is 2. The summed E-state index contributed by atoms with van der Waals surface area (Å²) < 4.78 is 10.2. The number of nitrogens with one attached hydrogen (secondary N) is 1. The molecule has 2 heterocycles. The summed E-state index contributed by atoms with van der Waals surface area (Å²) in [5.41, 5.74) is 1.15. The van der Waals surface area contributed by atoms with Crippen LogP contribution in [-0.2, 0) is 11.2 Å². The van der Waals surface area contributed by atoms with Gasteiger partial charge in [0.25, 0.3) is 5.91 Å². The minimum absolute atomic E-state index is 0.139. The van der Waals surface area contributed by atoms with Gasteiger partial charge in [-0.3, -0.25) is 10.1 Å². The van der Waals surface area contributed by atoms with Crippen molar-refractivity contribution in [2.45, 2.75) is 13.3 Å². The van der Waals surface area contributed by atoms with Gasteiger partial charge in [0.15, 0.2) is 10.9 Å². The Kier molecular flexibility index (Phi) is 4.55. The minimum atomic E-state index is -0.469. The molecular formula is C16H13ClN2O4S. The normalized spacial score (nSPS) is 10.8. The molecule has 6 nitrogen and oxygen atoms in total. The molecule has 0 saturated heterocycles. The minimum Gasteiger partial charge on any atom is -0.465 e. The Bertz CT molecular complexity index is 931. The Morgan fingerprint density at radius 3 is 2.88 bits per heavy atom. The number of rotatable bonds is 4. The molecular weight excluding hydrogens is 352 g/mol. The summed E-state index contributed by atoms with van der Waals surface area (Å²) in [6, 6.07) is 6.70. The van der Waals surface area contributed by atoms with Crippen LogP contribution >= 0.6 is 22.9 Å². The average Bonchev–Trinajstić information content (AvgIpc) is 3.17. The van der Waals surface area contributed by atoms with Crippen LogP contribution in [0, 0.1) is 0 Å². The number of aromatic nitrogens is 1. The Morgan fingerprint density at radius 1 is 1.38 bits per heavy atom. The SMILES string of the molecule is CCc1nc(NC(=O)c2cc3cc(Cl)ccc3o2)sc1C(=O)OC. The van der Waals surface area contributed by atoms with Gasteiger partial charge in [-0.25, -0.2) is 9.78 Å². The van der Waals surface area contributed by atoms with Crippen molar-refractivity contribution in [1.82, 2.24) is 4.98 Å². The maximum absolute atomic E-state index is 12.3. The largest absolute Gasteiger partial charge is 0.465 e. The van der Waals surface area contributed by atoms with Crippen molar-refractivity contribution in [2.75, 3.05) is 12.4 Å². The highest BCUT2D eigenvalue weighted by molar-refractivity contribution is 7.17. The number of anilines is 1. The zero-order valence-electron chi connectivity index (χ0n) is 12.9. The maximum Gasteiger partial charge on any atom is 0.350 e. The van der Waals surface area contributed by atoms with Gasteiger partial charge in [-0.2, -0.15) is 0 Å². The lowest BCUT2D eigenvalue weighted by Gasteiger charge is -1.96. The van der Waals surface area contributed by atoms with Crippen LogP contribution in [0.1, 0.15) is 32.8 Å². The summed E-state index contributed by atoms with van der Waals surface area (Å²) in [6.45, 7) is 1.87. The zero-order chi connectivity index (χ0) is 17.3. The van der Waals surface area contributed by atoms with Gasteiger partial charge in [0.05, 0.1) is 12.8 Å². The van der Waals surface area contributed by atoms with Crippen LogP contribution in [-0.4, -0.2) is 24.0 Å². The van der Waals surface area contributed by atoms with Crippen LogP contribution < -0.4 is 5.32 Å². The van der Waals surface area contributed by atoms with E-state index in [0.29, 0.717) is 32.7 Å². The molecule has 1 amide bonds. The average molecular weight is 365 g/mol. The molecule has 24 heavy (non-hydrogen) atoms. The second-order valence-corrected chi connectivity index (χ2v) is 6.32. The van der Waals surface area contributed by atoms with Gasteiger partial charge in [0.2, 0.25) is 0 Å². The van der Waals surface area contributed by atoms with Crippen LogP contribution in [0.3, 0.4) is 0 Å². The highest BCUT2D eigenvalue weighted by Crippen LogP contribution is 2.27. The molecule has 0 spiro atoms. The van der Waals surface area contributed by atoms with Gasteiger partial charge in [-0.15, -0.1) is 0 Å². The van der Waals surface area contributed by atoms with E-state index in [2.05, 4.69) is 10.3 Å². The van der Waals surface area contributed by atoms with E-state index in [1.54, 1.807) is 24.3 Å². The van der Waals surface area contributed by atoms with Gasteiger partial charge >= 0.3 is 5.97 Å². The monoisotopic (exact) mass is 364 g/mol. The Morgan fingerprint density at radius 2 is 2.17 bits per heavy atom. The summed E-state index contributed by atoms with van der Waals surface area (Å²) in [5.74, 6) is -0.779. The van der Waals surface area contributed by atoms with Gasteiger partial charge in [-0.1, -0.05) is 29.9 Å². The molecule has 1 N–H and O–H groups in total. The number of methoxy groups -OCH3 is 1. The number of ether oxygens (including phenoxy) is 1. The number of nitrogens with zero attached hydrogens (tertiary/aromatic N) is 1. The number of hydrogen-bond donors (Lipinski definition) is 1. The third-order valence-corrected chi connectivity index (χ3v) is 4.55.